The van der Waals surface area contributed by atoms with E-state index in [1.807, 2.05) is 6.07 Å². The number of carbonyl (C=O) groups excluding carboxylic acids is 3. The predicted molar refractivity (Wildman–Crippen MR) is 80.4 cm³/mol. The summed E-state index contributed by atoms with van der Waals surface area (Å²) in [5.41, 5.74) is 1.35. The molecule has 0 unspecified atom stereocenters. The van der Waals surface area contributed by atoms with Crippen LogP contribution in [0.4, 0.5) is 10.5 Å². The van der Waals surface area contributed by atoms with Crippen LogP contribution in [0.25, 0.3) is 0 Å². The fraction of sp³-hybridized carbons (Fsp3) is 0.0625. The number of carbonyl (C=O) groups is 3. The molecular formula is C16H13N3O3. The third-order valence-corrected chi connectivity index (χ3v) is 3.31. The van der Waals surface area contributed by atoms with E-state index in [1.165, 1.54) is 0 Å². The Morgan fingerprint density at radius 1 is 0.864 bits per heavy atom. The molecular weight excluding hydrogens is 282 g/mol. The maximum absolute atomic E-state index is 12.1. The molecule has 0 radical (unpaired) electrons. The number of fused-ring (bicyclic) bond motifs is 1. The number of urea groups is 1. The van der Waals surface area contributed by atoms with Gasteiger partial charge in [0, 0.05) is 5.69 Å². The zero-order valence-electron chi connectivity index (χ0n) is 11.6. The second kappa shape index (κ2) is 5.69. The number of hydrogen-bond donors (Lipinski definition) is 2. The summed E-state index contributed by atoms with van der Waals surface area (Å²) in [5, 5.41) is 5.12. The minimum atomic E-state index is -0.484. The van der Waals surface area contributed by atoms with Crippen molar-refractivity contribution < 1.29 is 14.4 Å². The van der Waals surface area contributed by atoms with Gasteiger partial charge in [-0.1, -0.05) is 30.3 Å². The summed E-state index contributed by atoms with van der Waals surface area (Å²) in [5.74, 6) is -0.804. The molecule has 2 aromatic carbocycles. The lowest BCUT2D eigenvalue weighted by atomic mass is 10.1. The maximum Gasteiger partial charge on any atom is 0.320 e. The van der Waals surface area contributed by atoms with Crippen LogP contribution in [-0.2, 0) is 0 Å². The average molecular weight is 295 g/mol. The van der Waals surface area contributed by atoms with Gasteiger partial charge in [0.05, 0.1) is 11.1 Å². The Labute approximate surface area is 126 Å². The van der Waals surface area contributed by atoms with Crippen molar-refractivity contribution >= 4 is 23.5 Å². The van der Waals surface area contributed by atoms with Crippen molar-refractivity contribution in [2.75, 3.05) is 12.0 Å². The van der Waals surface area contributed by atoms with Crippen molar-refractivity contribution in [1.82, 2.24) is 10.2 Å². The maximum atomic E-state index is 12.1. The van der Waals surface area contributed by atoms with Gasteiger partial charge in [-0.25, -0.2) is 4.79 Å². The SMILES string of the molecule is O=C(NCN1C(=O)c2ccccc2C1=O)Nc1ccccc1. The Hall–Kier alpha value is -3.15. The molecule has 0 saturated carbocycles. The van der Waals surface area contributed by atoms with E-state index in [4.69, 9.17) is 0 Å². The number of nitrogens with zero attached hydrogens (tertiary/aromatic N) is 1. The van der Waals surface area contributed by atoms with Crippen LogP contribution >= 0.6 is 0 Å². The van der Waals surface area contributed by atoms with Gasteiger partial charge in [0.15, 0.2) is 0 Å². The lowest BCUT2D eigenvalue weighted by molar-refractivity contribution is 0.0648. The van der Waals surface area contributed by atoms with Gasteiger partial charge in [0.2, 0.25) is 0 Å². The molecule has 1 heterocycles. The van der Waals surface area contributed by atoms with Crippen LogP contribution in [0.5, 0.6) is 0 Å². The summed E-state index contributed by atoms with van der Waals surface area (Å²) in [6.45, 7) is -0.176. The number of amides is 4. The van der Waals surface area contributed by atoms with E-state index in [0.29, 0.717) is 16.8 Å². The number of imide groups is 1. The van der Waals surface area contributed by atoms with E-state index >= 15 is 0 Å². The van der Waals surface area contributed by atoms with Crippen LogP contribution < -0.4 is 10.6 Å². The molecule has 22 heavy (non-hydrogen) atoms. The van der Waals surface area contributed by atoms with Crippen LogP contribution in [-0.4, -0.2) is 29.4 Å². The summed E-state index contributed by atoms with van der Waals surface area (Å²) in [7, 11) is 0. The highest BCUT2D eigenvalue weighted by molar-refractivity contribution is 6.21. The first-order valence-electron chi connectivity index (χ1n) is 6.72. The summed E-state index contributed by atoms with van der Waals surface area (Å²) >= 11 is 0. The zero-order valence-corrected chi connectivity index (χ0v) is 11.6. The molecule has 2 N–H and O–H groups in total. The zero-order chi connectivity index (χ0) is 15.5. The van der Waals surface area contributed by atoms with Gasteiger partial charge < -0.3 is 10.6 Å². The van der Waals surface area contributed by atoms with Crippen LogP contribution in [0.3, 0.4) is 0 Å². The van der Waals surface area contributed by atoms with Crippen molar-refractivity contribution in [2.24, 2.45) is 0 Å². The summed E-state index contributed by atoms with van der Waals surface area (Å²) < 4.78 is 0. The summed E-state index contributed by atoms with van der Waals surface area (Å²) in [6, 6.07) is 15.0. The molecule has 6 nitrogen and oxygen atoms in total. The quantitative estimate of drug-likeness (QED) is 0.851. The highest BCUT2D eigenvalue weighted by atomic mass is 16.2. The molecule has 0 aromatic heterocycles. The molecule has 6 heteroatoms. The van der Waals surface area contributed by atoms with Gasteiger partial charge in [-0.05, 0) is 24.3 Å². The van der Waals surface area contributed by atoms with E-state index in [0.717, 1.165) is 4.90 Å². The standard InChI is InChI=1S/C16H13N3O3/c20-14-12-8-4-5-9-13(12)15(21)19(14)10-17-16(22)18-11-6-2-1-3-7-11/h1-9H,10H2,(H2,17,18,22). The highest BCUT2D eigenvalue weighted by Crippen LogP contribution is 2.21. The van der Waals surface area contributed by atoms with Crippen LogP contribution in [0.1, 0.15) is 20.7 Å². The minimum Gasteiger partial charge on any atom is -0.320 e. The van der Waals surface area contributed by atoms with E-state index in [2.05, 4.69) is 10.6 Å². The number of hydrogen-bond acceptors (Lipinski definition) is 3. The van der Waals surface area contributed by atoms with Crippen molar-refractivity contribution in [3.63, 3.8) is 0 Å². The lowest BCUT2D eigenvalue weighted by Crippen LogP contribution is -2.42. The van der Waals surface area contributed by atoms with Gasteiger partial charge in [-0.15, -0.1) is 0 Å². The average Bonchev–Trinajstić information content (AvgIpc) is 2.78. The van der Waals surface area contributed by atoms with Gasteiger partial charge in [0.1, 0.15) is 6.67 Å². The van der Waals surface area contributed by atoms with E-state index in [9.17, 15) is 14.4 Å². The molecule has 0 bridgehead atoms. The van der Waals surface area contributed by atoms with Crippen molar-refractivity contribution in [3.8, 4) is 0 Å². The van der Waals surface area contributed by atoms with Gasteiger partial charge >= 0.3 is 6.03 Å². The molecule has 0 fully saturated rings. The third-order valence-electron chi connectivity index (χ3n) is 3.31. The Morgan fingerprint density at radius 2 is 1.41 bits per heavy atom. The topological polar surface area (TPSA) is 78.5 Å². The number of para-hydroxylation sites is 1. The van der Waals surface area contributed by atoms with Gasteiger partial charge in [-0.3, -0.25) is 14.5 Å². The van der Waals surface area contributed by atoms with Crippen molar-refractivity contribution in [3.05, 3.63) is 65.7 Å². The number of benzene rings is 2. The summed E-state index contributed by atoms with van der Waals surface area (Å²) in [6.07, 6.45) is 0. The Kier molecular flexibility index (Phi) is 3.57. The smallest absolute Gasteiger partial charge is 0.320 e. The lowest BCUT2D eigenvalue weighted by Gasteiger charge is -2.15. The largest absolute Gasteiger partial charge is 0.320 e. The first-order valence-corrected chi connectivity index (χ1v) is 6.72. The fourth-order valence-electron chi connectivity index (χ4n) is 2.23. The van der Waals surface area contributed by atoms with E-state index in [1.54, 1.807) is 48.5 Å². The Bertz CT molecular complexity index is 708. The molecule has 1 aliphatic rings. The Balaban J connectivity index is 1.62. The van der Waals surface area contributed by atoms with Crippen LogP contribution in [0.2, 0.25) is 0 Å². The van der Waals surface area contributed by atoms with Crippen molar-refractivity contribution in [2.45, 2.75) is 0 Å². The normalized spacial score (nSPS) is 13.0. The molecule has 4 amide bonds. The molecule has 0 saturated heterocycles. The minimum absolute atomic E-state index is 0.176. The number of rotatable bonds is 3. The second-order valence-electron chi connectivity index (χ2n) is 4.74. The van der Waals surface area contributed by atoms with Gasteiger partial charge in [0.25, 0.3) is 11.8 Å². The molecule has 0 spiro atoms. The molecule has 0 aliphatic carbocycles. The van der Waals surface area contributed by atoms with Crippen LogP contribution in [0, 0.1) is 0 Å². The molecule has 0 atom stereocenters. The molecule has 2 aromatic rings. The third kappa shape index (κ3) is 2.54. The highest BCUT2D eigenvalue weighted by Gasteiger charge is 2.34. The molecule has 1 aliphatic heterocycles. The van der Waals surface area contributed by atoms with Crippen LogP contribution in [0.15, 0.2) is 54.6 Å². The molecule has 3 rings (SSSR count). The predicted octanol–water partition coefficient (Wildman–Crippen LogP) is 2.06. The molecule has 110 valence electrons. The van der Waals surface area contributed by atoms with Gasteiger partial charge in [-0.2, -0.15) is 0 Å². The fourth-order valence-corrected chi connectivity index (χ4v) is 2.23. The first kappa shape index (κ1) is 13.8. The monoisotopic (exact) mass is 295 g/mol. The first-order chi connectivity index (χ1) is 10.7. The second-order valence-corrected chi connectivity index (χ2v) is 4.74. The summed E-state index contributed by atoms with van der Waals surface area (Å²) in [4.78, 5) is 37.0. The van der Waals surface area contributed by atoms with E-state index in [-0.39, 0.29) is 6.67 Å². The van der Waals surface area contributed by atoms with Crippen molar-refractivity contribution in [1.29, 1.82) is 0 Å². The van der Waals surface area contributed by atoms with E-state index < -0.39 is 17.8 Å². The number of anilines is 1. The Morgan fingerprint density at radius 3 is 2.00 bits per heavy atom. The number of nitrogens with one attached hydrogen (secondary N) is 2.